The van der Waals surface area contributed by atoms with Crippen molar-refractivity contribution in [2.75, 3.05) is 5.32 Å². The molecule has 0 aliphatic heterocycles. The Labute approximate surface area is 147 Å². The Kier molecular flexibility index (Phi) is 4.65. The maximum Gasteiger partial charge on any atom is 0.228 e. The van der Waals surface area contributed by atoms with Crippen LogP contribution in [0, 0.1) is 10.5 Å². The number of nitrogens with one attached hydrogen (secondary N) is 1. The third-order valence-electron chi connectivity index (χ3n) is 3.37. The SMILES string of the molecule is Cc1ccc(NC(=O)Cc2ccc(-n3cnnn3)cc2)cc1I. The molecule has 0 aliphatic rings. The molecule has 0 unspecified atom stereocenters. The van der Waals surface area contributed by atoms with Gasteiger partial charge < -0.3 is 5.32 Å². The first-order chi connectivity index (χ1) is 11.1. The van der Waals surface area contributed by atoms with Crippen LogP contribution in [-0.2, 0) is 11.2 Å². The van der Waals surface area contributed by atoms with Gasteiger partial charge in [-0.25, -0.2) is 4.68 Å². The molecule has 1 heterocycles. The first-order valence-corrected chi connectivity index (χ1v) is 8.08. The third kappa shape index (κ3) is 3.92. The molecule has 0 saturated heterocycles. The lowest BCUT2D eigenvalue weighted by Crippen LogP contribution is -2.14. The van der Waals surface area contributed by atoms with Crippen molar-refractivity contribution < 1.29 is 4.79 Å². The second-order valence-corrected chi connectivity index (χ2v) is 6.27. The zero-order valence-corrected chi connectivity index (χ0v) is 14.6. The maximum absolute atomic E-state index is 12.1. The number of aryl methyl sites for hydroxylation is 1. The molecule has 0 saturated carbocycles. The van der Waals surface area contributed by atoms with Crippen molar-refractivity contribution in [1.82, 2.24) is 20.2 Å². The molecule has 1 aromatic heterocycles. The number of nitrogens with zero attached hydrogens (tertiary/aromatic N) is 4. The molecule has 0 spiro atoms. The Balaban J connectivity index is 1.64. The number of hydrogen-bond acceptors (Lipinski definition) is 4. The van der Waals surface area contributed by atoms with Gasteiger partial charge in [0.2, 0.25) is 5.91 Å². The molecule has 0 atom stereocenters. The predicted octanol–water partition coefficient (Wildman–Crippen LogP) is 2.76. The van der Waals surface area contributed by atoms with Crippen LogP contribution in [0.25, 0.3) is 5.69 Å². The molecule has 7 heteroatoms. The van der Waals surface area contributed by atoms with E-state index in [1.54, 1.807) is 4.68 Å². The van der Waals surface area contributed by atoms with Crippen molar-refractivity contribution in [1.29, 1.82) is 0 Å². The van der Waals surface area contributed by atoms with E-state index in [0.29, 0.717) is 6.42 Å². The third-order valence-corrected chi connectivity index (χ3v) is 4.53. The van der Waals surface area contributed by atoms with Crippen molar-refractivity contribution in [2.45, 2.75) is 13.3 Å². The summed E-state index contributed by atoms with van der Waals surface area (Å²) >= 11 is 2.26. The normalized spacial score (nSPS) is 10.5. The summed E-state index contributed by atoms with van der Waals surface area (Å²) in [6, 6.07) is 13.4. The monoisotopic (exact) mass is 419 g/mol. The van der Waals surface area contributed by atoms with E-state index >= 15 is 0 Å². The van der Waals surface area contributed by atoms with Crippen molar-refractivity contribution in [3.8, 4) is 5.69 Å². The van der Waals surface area contributed by atoms with E-state index in [-0.39, 0.29) is 5.91 Å². The van der Waals surface area contributed by atoms with Crippen molar-refractivity contribution in [3.63, 3.8) is 0 Å². The number of carbonyl (C=O) groups is 1. The molecule has 0 aliphatic carbocycles. The van der Waals surface area contributed by atoms with Gasteiger partial charge in [0.15, 0.2) is 0 Å². The number of aromatic nitrogens is 4. The van der Waals surface area contributed by atoms with E-state index in [9.17, 15) is 4.79 Å². The van der Waals surface area contributed by atoms with Crippen molar-refractivity contribution in [2.24, 2.45) is 0 Å². The number of rotatable bonds is 4. The largest absolute Gasteiger partial charge is 0.326 e. The van der Waals surface area contributed by atoms with Crippen LogP contribution in [-0.4, -0.2) is 26.1 Å². The van der Waals surface area contributed by atoms with Gasteiger partial charge in [0.25, 0.3) is 0 Å². The minimum Gasteiger partial charge on any atom is -0.326 e. The minimum absolute atomic E-state index is 0.0418. The summed E-state index contributed by atoms with van der Waals surface area (Å²) in [6.07, 6.45) is 1.85. The molecule has 0 radical (unpaired) electrons. The number of anilines is 1. The highest BCUT2D eigenvalue weighted by molar-refractivity contribution is 14.1. The summed E-state index contributed by atoms with van der Waals surface area (Å²) < 4.78 is 2.70. The second kappa shape index (κ2) is 6.86. The zero-order chi connectivity index (χ0) is 16.2. The molecule has 3 aromatic rings. The summed E-state index contributed by atoms with van der Waals surface area (Å²) in [5, 5.41) is 13.9. The topological polar surface area (TPSA) is 72.7 Å². The number of hydrogen-bond donors (Lipinski definition) is 1. The fourth-order valence-electron chi connectivity index (χ4n) is 2.11. The van der Waals surface area contributed by atoms with Crippen LogP contribution in [0.4, 0.5) is 5.69 Å². The van der Waals surface area contributed by atoms with Crippen LogP contribution in [0.1, 0.15) is 11.1 Å². The van der Waals surface area contributed by atoms with Crippen LogP contribution < -0.4 is 5.32 Å². The predicted molar refractivity (Wildman–Crippen MR) is 95.4 cm³/mol. The lowest BCUT2D eigenvalue weighted by atomic mass is 10.1. The fraction of sp³-hybridized carbons (Fsp3) is 0.125. The maximum atomic E-state index is 12.1. The molecular weight excluding hydrogens is 405 g/mol. The van der Waals surface area contributed by atoms with Gasteiger partial charge in [-0.15, -0.1) is 5.10 Å². The molecule has 1 N–H and O–H groups in total. The molecule has 2 aromatic carbocycles. The van der Waals surface area contributed by atoms with E-state index in [0.717, 1.165) is 20.5 Å². The van der Waals surface area contributed by atoms with Crippen LogP contribution in [0.3, 0.4) is 0 Å². The van der Waals surface area contributed by atoms with Crippen LogP contribution in [0.2, 0.25) is 0 Å². The molecule has 0 bridgehead atoms. The zero-order valence-electron chi connectivity index (χ0n) is 12.4. The molecule has 23 heavy (non-hydrogen) atoms. The molecular formula is C16H14IN5O. The number of benzene rings is 2. The average molecular weight is 419 g/mol. The van der Waals surface area contributed by atoms with E-state index in [2.05, 4.69) is 43.4 Å². The van der Waals surface area contributed by atoms with E-state index < -0.39 is 0 Å². The van der Waals surface area contributed by atoms with Gasteiger partial charge in [-0.2, -0.15) is 0 Å². The van der Waals surface area contributed by atoms with Crippen molar-refractivity contribution in [3.05, 3.63) is 63.5 Å². The van der Waals surface area contributed by atoms with E-state index in [1.165, 1.54) is 11.9 Å². The highest BCUT2D eigenvalue weighted by Crippen LogP contribution is 2.17. The number of carbonyl (C=O) groups excluding carboxylic acids is 1. The lowest BCUT2D eigenvalue weighted by Gasteiger charge is -2.07. The summed E-state index contributed by atoms with van der Waals surface area (Å²) in [6.45, 7) is 2.04. The van der Waals surface area contributed by atoms with E-state index in [4.69, 9.17) is 0 Å². The summed E-state index contributed by atoms with van der Waals surface area (Å²) in [5.41, 5.74) is 3.80. The lowest BCUT2D eigenvalue weighted by molar-refractivity contribution is -0.115. The smallest absolute Gasteiger partial charge is 0.228 e. The van der Waals surface area contributed by atoms with Crippen LogP contribution >= 0.6 is 22.6 Å². The molecule has 1 amide bonds. The van der Waals surface area contributed by atoms with Gasteiger partial charge in [-0.1, -0.05) is 18.2 Å². The fourth-order valence-corrected chi connectivity index (χ4v) is 2.62. The highest BCUT2D eigenvalue weighted by atomic mass is 127. The highest BCUT2D eigenvalue weighted by Gasteiger charge is 2.06. The first kappa shape index (κ1) is 15.6. The van der Waals surface area contributed by atoms with Crippen LogP contribution in [0.5, 0.6) is 0 Å². The molecule has 3 rings (SSSR count). The summed E-state index contributed by atoms with van der Waals surface area (Å²) in [7, 11) is 0. The average Bonchev–Trinajstić information content (AvgIpc) is 3.06. The second-order valence-electron chi connectivity index (χ2n) is 5.11. The van der Waals surface area contributed by atoms with E-state index in [1.807, 2.05) is 49.4 Å². The van der Waals surface area contributed by atoms with Gasteiger partial charge in [0, 0.05) is 9.26 Å². The van der Waals surface area contributed by atoms with Crippen LogP contribution in [0.15, 0.2) is 48.8 Å². The van der Waals surface area contributed by atoms with Crippen molar-refractivity contribution >= 4 is 34.2 Å². The number of halogens is 1. The summed E-state index contributed by atoms with van der Waals surface area (Å²) in [4.78, 5) is 12.1. The Morgan fingerprint density at radius 3 is 2.65 bits per heavy atom. The van der Waals surface area contributed by atoms with Gasteiger partial charge in [0.05, 0.1) is 12.1 Å². The number of tetrazole rings is 1. The quantitative estimate of drug-likeness (QED) is 0.661. The Morgan fingerprint density at radius 2 is 2.00 bits per heavy atom. The molecule has 116 valence electrons. The molecule has 0 fully saturated rings. The first-order valence-electron chi connectivity index (χ1n) is 7.00. The minimum atomic E-state index is -0.0418. The molecule has 6 nitrogen and oxygen atoms in total. The van der Waals surface area contributed by atoms with Gasteiger partial charge in [-0.05, 0) is 75.3 Å². The van der Waals surface area contributed by atoms with Gasteiger partial charge in [-0.3, -0.25) is 4.79 Å². The Bertz CT molecular complexity index is 815. The standard InChI is InChI=1S/C16H14IN5O/c1-11-2-5-13(9-15(11)17)19-16(23)8-12-3-6-14(7-4-12)22-10-18-20-21-22/h2-7,9-10H,8H2,1H3,(H,19,23). The van der Waals surface area contributed by atoms with Gasteiger partial charge >= 0.3 is 0 Å². The number of amides is 1. The summed E-state index contributed by atoms with van der Waals surface area (Å²) in [5.74, 6) is -0.0418. The van der Waals surface area contributed by atoms with Gasteiger partial charge in [0.1, 0.15) is 6.33 Å². The Hall–Kier alpha value is -2.29. The Morgan fingerprint density at radius 1 is 1.22 bits per heavy atom.